The SMILES string of the molecule is CCCCOC(=O)CCC(O)c1cn(C)nc1C. The molecule has 0 saturated carbocycles. The first-order chi connectivity index (χ1) is 8.54. The first-order valence-corrected chi connectivity index (χ1v) is 6.38. The van der Waals surface area contributed by atoms with E-state index in [0.717, 1.165) is 24.1 Å². The number of aromatic nitrogens is 2. The number of hydrogen-bond acceptors (Lipinski definition) is 4. The number of carbonyl (C=O) groups is 1. The van der Waals surface area contributed by atoms with E-state index in [4.69, 9.17) is 4.74 Å². The van der Waals surface area contributed by atoms with E-state index in [1.54, 1.807) is 10.9 Å². The molecule has 0 bridgehead atoms. The molecule has 1 N–H and O–H groups in total. The number of hydrogen-bond donors (Lipinski definition) is 1. The van der Waals surface area contributed by atoms with E-state index in [2.05, 4.69) is 5.10 Å². The smallest absolute Gasteiger partial charge is 0.305 e. The molecule has 0 aliphatic carbocycles. The third kappa shape index (κ3) is 4.49. The molecule has 0 amide bonds. The third-order valence-electron chi connectivity index (χ3n) is 2.79. The van der Waals surface area contributed by atoms with E-state index in [9.17, 15) is 9.90 Å². The number of aryl methyl sites for hydroxylation is 2. The Balaban J connectivity index is 2.34. The molecular formula is C13H22N2O3. The second kappa shape index (κ2) is 7.16. The number of ether oxygens (including phenoxy) is 1. The van der Waals surface area contributed by atoms with Crippen LogP contribution in [0.25, 0.3) is 0 Å². The first kappa shape index (κ1) is 14.7. The van der Waals surface area contributed by atoms with E-state index in [1.165, 1.54) is 0 Å². The number of nitrogens with zero attached hydrogens (tertiary/aromatic N) is 2. The van der Waals surface area contributed by atoms with Crippen LogP contribution in [0.1, 0.15) is 50.0 Å². The van der Waals surface area contributed by atoms with Crippen molar-refractivity contribution in [2.75, 3.05) is 6.61 Å². The Kier molecular flexibility index (Phi) is 5.85. The van der Waals surface area contributed by atoms with Gasteiger partial charge in [0.2, 0.25) is 0 Å². The minimum Gasteiger partial charge on any atom is -0.466 e. The molecule has 1 aromatic rings. The van der Waals surface area contributed by atoms with Crippen LogP contribution in [-0.4, -0.2) is 27.5 Å². The second-order valence-electron chi connectivity index (χ2n) is 4.47. The van der Waals surface area contributed by atoms with Crippen molar-refractivity contribution in [1.29, 1.82) is 0 Å². The molecule has 1 aromatic heterocycles. The molecule has 0 saturated heterocycles. The summed E-state index contributed by atoms with van der Waals surface area (Å²) < 4.78 is 6.69. The van der Waals surface area contributed by atoms with Crippen LogP contribution in [0.3, 0.4) is 0 Å². The fourth-order valence-corrected chi connectivity index (χ4v) is 1.76. The van der Waals surface area contributed by atoms with Crippen molar-refractivity contribution in [1.82, 2.24) is 9.78 Å². The third-order valence-corrected chi connectivity index (χ3v) is 2.79. The van der Waals surface area contributed by atoms with E-state index in [1.807, 2.05) is 20.9 Å². The molecule has 102 valence electrons. The summed E-state index contributed by atoms with van der Waals surface area (Å²) in [6, 6.07) is 0. The summed E-state index contributed by atoms with van der Waals surface area (Å²) in [7, 11) is 1.81. The Labute approximate surface area is 108 Å². The molecular weight excluding hydrogens is 232 g/mol. The highest BCUT2D eigenvalue weighted by Gasteiger charge is 2.15. The zero-order valence-electron chi connectivity index (χ0n) is 11.3. The average molecular weight is 254 g/mol. The molecule has 5 nitrogen and oxygen atoms in total. The number of rotatable bonds is 7. The summed E-state index contributed by atoms with van der Waals surface area (Å²) in [5.41, 5.74) is 1.57. The van der Waals surface area contributed by atoms with Crippen molar-refractivity contribution in [2.45, 2.75) is 45.6 Å². The molecule has 1 heterocycles. The summed E-state index contributed by atoms with van der Waals surface area (Å²) in [4.78, 5) is 11.4. The fraction of sp³-hybridized carbons (Fsp3) is 0.692. The minimum absolute atomic E-state index is 0.235. The van der Waals surface area contributed by atoms with Gasteiger partial charge in [-0.15, -0.1) is 0 Å². The van der Waals surface area contributed by atoms with Gasteiger partial charge in [0.15, 0.2) is 0 Å². The maximum absolute atomic E-state index is 11.4. The van der Waals surface area contributed by atoms with Crippen molar-refractivity contribution in [3.63, 3.8) is 0 Å². The van der Waals surface area contributed by atoms with E-state index in [0.29, 0.717) is 13.0 Å². The first-order valence-electron chi connectivity index (χ1n) is 6.38. The molecule has 5 heteroatoms. The van der Waals surface area contributed by atoms with Crippen LogP contribution in [0, 0.1) is 6.92 Å². The lowest BCUT2D eigenvalue weighted by Crippen LogP contribution is -2.08. The van der Waals surface area contributed by atoms with Gasteiger partial charge in [0.1, 0.15) is 0 Å². The topological polar surface area (TPSA) is 64.3 Å². The summed E-state index contributed by atoms with van der Waals surface area (Å²) in [6.45, 7) is 4.36. The number of esters is 1. The summed E-state index contributed by atoms with van der Waals surface area (Å²) >= 11 is 0. The highest BCUT2D eigenvalue weighted by molar-refractivity contribution is 5.69. The zero-order chi connectivity index (χ0) is 13.5. The van der Waals surface area contributed by atoms with Crippen LogP contribution in [0.2, 0.25) is 0 Å². The molecule has 1 unspecified atom stereocenters. The van der Waals surface area contributed by atoms with Crippen molar-refractivity contribution in [3.05, 3.63) is 17.5 Å². The van der Waals surface area contributed by atoms with Crippen molar-refractivity contribution in [2.24, 2.45) is 7.05 Å². The summed E-state index contributed by atoms with van der Waals surface area (Å²) in [5, 5.41) is 14.1. The Morgan fingerprint density at radius 1 is 1.61 bits per heavy atom. The van der Waals surface area contributed by atoms with Gasteiger partial charge in [-0.3, -0.25) is 9.48 Å². The van der Waals surface area contributed by atoms with E-state index < -0.39 is 6.10 Å². The summed E-state index contributed by atoms with van der Waals surface area (Å²) in [5.74, 6) is -0.246. The van der Waals surface area contributed by atoms with Crippen LogP contribution in [0.15, 0.2) is 6.20 Å². The van der Waals surface area contributed by atoms with Crippen molar-refractivity contribution in [3.8, 4) is 0 Å². The van der Waals surface area contributed by atoms with Crippen molar-refractivity contribution >= 4 is 5.97 Å². The molecule has 0 aromatic carbocycles. The Morgan fingerprint density at radius 2 is 2.33 bits per heavy atom. The molecule has 0 radical (unpaired) electrons. The lowest BCUT2D eigenvalue weighted by Gasteiger charge is -2.09. The van der Waals surface area contributed by atoms with Crippen LogP contribution in [0.5, 0.6) is 0 Å². The van der Waals surface area contributed by atoms with Gasteiger partial charge in [-0.05, 0) is 19.8 Å². The second-order valence-corrected chi connectivity index (χ2v) is 4.47. The maximum Gasteiger partial charge on any atom is 0.305 e. The number of unbranched alkanes of at least 4 members (excludes halogenated alkanes) is 1. The highest BCUT2D eigenvalue weighted by Crippen LogP contribution is 2.20. The van der Waals surface area contributed by atoms with Crippen molar-refractivity contribution < 1.29 is 14.6 Å². The average Bonchev–Trinajstić information content (AvgIpc) is 2.66. The predicted octanol–water partition coefficient (Wildman–Crippen LogP) is 1.89. The van der Waals surface area contributed by atoms with E-state index in [-0.39, 0.29) is 12.4 Å². The Bertz CT molecular complexity index is 388. The number of aliphatic hydroxyl groups is 1. The molecule has 0 aliphatic heterocycles. The lowest BCUT2D eigenvalue weighted by molar-refractivity contribution is -0.144. The van der Waals surface area contributed by atoms with Crippen LogP contribution < -0.4 is 0 Å². The lowest BCUT2D eigenvalue weighted by atomic mass is 10.1. The standard InChI is InChI=1S/C13H22N2O3/c1-4-5-8-18-13(17)7-6-12(16)11-9-15(3)14-10(11)2/h9,12,16H,4-8H2,1-3H3. The predicted molar refractivity (Wildman–Crippen MR) is 68.0 cm³/mol. The normalized spacial score (nSPS) is 12.4. The monoisotopic (exact) mass is 254 g/mol. The summed E-state index contributed by atoms with van der Waals surface area (Å²) in [6.07, 6.45) is 3.62. The van der Waals surface area contributed by atoms with Crippen LogP contribution in [-0.2, 0) is 16.6 Å². The minimum atomic E-state index is -0.655. The molecule has 0 fully saturated rings. The van der Waals surface area contributed by atoms with Crippen LogP contribution >= 0.6 is 0 Å². The quantitative estimate of drug-likeness (QED) is 0.596. The Morgan fingerprint density at radius 3 is 2.89 bits per heavy atom. The molecule has 0 spiro atoms. The van der Waals surface area contributed by atoms with Gasteiger partial charge in [0, 0.05) is 25.2 Å². The van der Waals surface area contributed by atoms with Gasteiger partial charge in [-0.25, -0.2) is 0 Å². The fourth-order valence-electron chi connectivity index (χ4n) is 1.76. The maximum atomic E-state index is 11.4. The highest BCUT2D eigenvalue weighted by atomic mass is 16.5. The molecule has 0 aliphatic rings. The van der Waals surface area contributed by atoms with Gasteiger partial charge in [0.05, 0.1) is 18.4 Å². The van der Waals surface area contributed by atoms with Crippen LogP contribution in [0.4, 0.5) is 0 Å². The Hall–Kier alpha value is -1.36. The molecule has 1 atom stereocenters. The number of aliphatic hydroxyl groups excluding tert-OH is 1. The van der Waals surface area contributed by atoms with Gasteiger partial charge >= 0.3 is 5.97 Å². The zero-order valence-corrected chi connectivity index (χ0v) is 11.3. The van der Waals surface area contributed by atoms with Gasteiger partial charge in [0.25, 0.3) is 0 Å². The van der Waals surface area contributed by atoms with E-state index >= 15 is 0 Å². The molecule has 1 rings (SSSR count). The largest absolute Gasteiger partial charge is 0.466 e. The van der Waals surface area contributed by atoms with Gasteiger partial charge < -0.3 is 9.84 Å². The number of carbonyl (C=O) groups excluding carboxylic acids is 1. The molecule has 18 heavy (non-hydrogen) atoms. The van der Waals surface area contributed by atoms with Gasteiger partial charge in [-0.2, -0.15) is 5.10 Å². The van der Waals surface area contributed by atoms with Gasteiger partial charge in [-0.1, -0.05) is 13.3 Å².